The largest absolute Gasteiger partial charge is 0.453 e. The molecule has 6 nitrogen and oxygen atoms in total. The second kappa shape index (κ2) is 5.70. The maximum absolute atomic E-state index is 13.4. The third kappa shape index (κ3) is 2.63. The van der Waals surface area contributed by atoms with Crippen LogP contribution in [0.2, 0.25) is 0 Å². The van der Waals surface area contributed by atoms with E-state index >= 15 is 0 Å². The molecule has 0 unspecified atom stereocenters. The maximum atomic E-state index is 13.4. The molecule has 1 aliphatic rings. The predicted octanol–water partition coefficient (Wildman–Crippen LogP) is 2.16. The molecule has 0 bridgehead atoms. The van der Waals surface area contributed by atoms with Crippen LogP contribution in [-0.2, 0) is 4.74 Å². The van der Waals surface area contributed by atoms with E-state index in [0.29, 0.717) is 36.2 Å². The van der Waals surface area contributed by atoms with Gasteiger partial charge in [0.05, 0.1) is 12.6 Å². The Hall–Kier alpha value is -2.51. The number of rotatable bonds is 2. The van der Waals surface area contributed by atoms with E-state index in [1.54, 1.807) is 4.90 Å². The number of carbonyl (C=O) groups is 1. The smallest absolute Gasteiger partial charge is 0.409 e. The molecule has 116 valence electrons. The van der Waals surface area contributed by atoms with E-state index in [0.717, 1.165) is 12.1 Å². The van der Waals surface area contributed by atoms with Crippen LogP contribution < -0.4 is 5.32 Å². The SMILES string of the molecule is COC(=O)N1CC[C@H](Nc2ncnc3cc(F)c(F)cc23)C1. The molecule has 1 aliphatic heterocycles. The molecular formula is C14H14F2N4O2. The number of nitrogens with one attached hydrogen (secondary N) is 1. The van der Waals surface area contributed by atoms with Crippen molar-refractivity contribution in [1.82, 2.24) is 14.9 Å². The van der Waals surface area contributed by atoms with Gasteiger partial charge in [-0.1, -0.05) is 0 Å². The minimum Gasteiger partial charge on any atom is -0.453 e. The number of likely N-dealkylation sites (tertiary alicyclic amines) is 1. The number of amides is 1. The van der Waals surface area contributed by atoms with Gasteiger partial charge in [0.1, 0.15) is 12.1 Å². The van der Waals surface area contributed by atoms with Gasteiger partial charge in [0.15, 0.2) is 11.6 Å². The lowest BCUT2D eigenvalue weighted by molar-refractivity contribution is 0.133. The van der Waals surface area contributed by atoms with Crippen molar-refractivity contribution in [3.05, 3.63) is 30.1 Å². The van der Waals surface area contributed by atoms with Crippen LogP contribution in [0.3, 0.4) is 0 Å². The quantitative estimate of drug-likeness (QED) is 0.921. The van der Waals surface area contributed by atoms with Crippen LogP contribution in [0.25, 0.3) is 10.9 Å². The molecule has 1 N–H and O–H groups in total. The minimum atomic E-state index is -0.951. The summed E-state index contributed by atoms with van der Waals surface area (Å²) < 4.78 is 31.4. The fourth-order valence-electron chi connectivity index (χ4n) is 2.53. The highest BCUT2D eigenvalue weighted by Crippen LogP contribution is 2.24. The second-order valence-electron chi connectivity index (χ2n) is 5.05. The summed E-state index contributed by atoms with van der Waals surface area (Å²) in [5.41, 5.74) is 0.319. The number of halogens is 2. The number of aromatic nitrogens is 2. The summed E-state index contributed by atoms with van der Waals surface area (Å²) in [7, 11) is 1.33. The van der Waals surface area contributed by atoms with Crippen molar-refractivity contribution in [2.75, 3.05) is 25.5 Å². The summed E-state index contributed by atoms with van der Waals surface area (Å²) in [6.45, 7) is 1.03. The molecule has 8 heteroatoms. The standard InChI is InChI=1S/C14H14F2N4O2/c1-22-14(21)20-3-2-8(6-20)19-13-9-4-10(15)11(16)5-12(9)17-7-18-13/h4-5,7-8H,2-3,6H2,1H3,(H,17,18,19)/t8-/m0/s1. The lowest BCUT2D eigenvalue weighted by Gasteiger charge is -2.16. The highest BCUT2D eigenvalue weighted by Gasteiger charge is 2.27. The molecule has 1 fully saturated rings. The van der Waals surface area contributed by atoms with E-state index in [-0.39, 0.29) is 12.1 Å². The number of hydrogen-bond acceptors (Lipinski definition) is 5. The van der Waals surface area contributed by atoms with Gasteiger partial charge in [-0.2, -0.15) is 0 Å². The number of benzene rings is 1. The average molecular weight is 308 g/mol. The lowest BCUT2D eigenvalue weighted by Crippen LogP contribution is -2.31. The van der Waals surface area contributed by atoms with Gasteiger partial charge in [0.2, 0.25) is 0 Å². The van der Waals surface area contributed by atoms with Crippen LogP contribution in [-0.4, -0.2) is 47.2 Å². The van der Waals surface area contributed by atoms with E-state index < -0.39 is 11.6 Å². The van der Waals surface area contributed by atoms with Crippen LogP contribution in [0.5, 0.6) is 0 Å². The van der Waals surface area contributed by atoms with Crippen molar-refractivity contribution < 1.29 is 18.3 Å². The number of nitrogens with zero attached hydrogens (tertiary/aromatic N) is 3. The third-order valence-corrected chi connectivity index (χ3v) is 3.64. The monoisotopic (exact) mass is 308 g/mol. The summed E-state index contributed by atoms with van der Waals surface area (Å²) in [4.78, 5) is 21.1. The van der Waals surface area contributed by atoms with Gasteiger partial charge in [-0.15, -0.1) is 0 Å². The Balaban J connectivity index is 1.83. The topological polar surface area (TPSA) is 67.3 Å². The third-order valence-electron chi connectivity index (χ3n) is 3.64. The number of anilines is 1. The zero-order valence-corrected chi connectivity index (χ0v) is 11.8. The zero-order chi connectivity index (χ0) is 15.7. The summed E-state index contributed by atoms with van der Waals surface area (Å²) >= 11 is 0. The Morgan fingerprint density at radius 1 is 1.36 bits per heavy atom. The van der Waals surface area contributed by atoms with Gasteiger partial charge in [0.25, 0.3) is 0 Å². The minimum absolute atomic E-state index is 0.0367. The molecule has 2 heterocycles. The van der Waals surface area contributed by atoms with Gasteiger partial charge in [-0.3, -0.25) is 0 Å². The first-order valence-electron chi connectivity index (χ1n) is 6.77. The summed E-state index contributed by atoms with van der Waals surface area (Å²) in [5, 5.41) is 3.55. The van der Waals surface area contributed by atoms with E-state index in [2.05, 4.69) is 20.0 Å². The average Bonchev–Trinajstić information content (AvgIpc) is 2.97. The number of hydrogen-bond donors (Lipinski definition) is 1. The number of carbonyl (C=O) groups excluding carboxylic acids is 1. The van der Waals surface area contributed by atoms with E-state index in [4.69, 9.17) is 0 Å². The molecule has 0 spiro atoms. The second-order valence-corrected chi connectivity index (χ2v) is 5.05. The van der Waals surface area contributed by atoms with Crippen LogP contribution >= 0.6 is 0 Å². The Morgan fingerprint density at radius 2 is 2.14 bits per heavy atom. The van der Waals surface area contributed by atoms with E-state index in [1.165, 1.54) is 13.4 Å². The van der Waals surface area contributed by atoms with Gasteiger partial charge < -0.3 is 15.0 Å². The van der Waals surface area contributed by atoms with Crippen molar-refractivity contribution in [2.24, 2.45) is 0 Å². The first-order chi connectivity index (χ1) is 10.6. The molecule has 0 saturated carbocycles. The van der Waals surface area contributed by atoms with Gasteiger partial charge in [-0.05, 0) is 12.5 Å². The molecule has 22 heavy (non-hydrogen) atoms. The first-order valence-corrected chi connectivity index (χ1v) is 6.77. The molecule has 1 saturated heterocycles. The number of methoxy groups -OCH3 is 1. The molecule has 3 rings (SSSR count). The van der Waals surface area contributed by atoms with Gasteiger partial charge >= 0.3 is 6.09 Å². The van der Waals surface area contributed by atoms with Crippen LogP contribution in [0.1, 0.15) is 6.42 Å². The van der Waals surface area contributed by atoms with Crippen molar-refractivity contribution in [3.8, 4) is 0 Å². The molecule has 0 radical (unpaired) electrons. The maximum Gasteiger partial charge on any atom is 0.409 e. The van der Waals surface area contributed by atoms with E-state index in [9.17, 15) is 13.6 Å². The normalized spacial score (nSPS) is 17.8. The van der Waals surface area contributed by atoms with Crippen molar-refractivity contribution in [2.45, 2.75) is 12.5 Å². The van der Waals surface area contributed by atoms with E-state index in [1.807, 2.05) is 0 Å². The van der Waals surface area contributed by atoms with Crippen molar-refractivity contribution in [1.29, 1.82) is 0 Å². The molecular weight excluding hydrogens is 294 g/mol. The fourth-order valence-corrected chi connectivity index (χ4v) is 2.53. The Labute approximate surface area is 125 Å². The van der Waals surface area contributed by atoms with Gasteiger partial charge in [-0.25, -0.2) is 23.5 Å². The molecule has 1 aromatic carbocycles. The molecule has 0 aliphatic carbocycles. The zero-order valence-electron chi connectivity index (χ0n) is 11.8. The first kappa shape index (κ1) is 14.4. The molecule has 1 amide bonds. The van der Waals surface area contributed by atoms with Crippen LogP contribution in [0, 0.1) is 11.6 Å². The predicted molar refractivity (Wildman–Crippen MR) is 75.5 cm³/mol. The lowest BCUT2D eigenvalue weighted by atomic mass is 10.2. The number of fused-ring (bicyclic) bond motifs is 1. The Morgan fingerprint density at radius 3 is 2.91 bits per heavy atom. The Kier molecular flexibility index (Phi) is 3.74. The summed E-state index contributed by atoms with van der Waals surface area (Å²) in [6, 6.07) is 2.07. The number of ether oxygens (including phenoxy) is 1. The fraction of sp³-hybridized carbons (Fsp3) is 0.357. The summed E-state index contributed by atoms with van der Waals surface area (Å²) in [6.07, 6.45) is 1.62. The van der Waals surface area contributed by atoms with Crippen LogP contribution in [0.15, 0.2) is 18.5 Å². The van der Waals surface area contributed by atoms with Crippen molar-refractivity contribution >= 4 is 22.8 Å². The summed E-state index contributed by atoms with van der Waals surface area (Å²) in [5.74, 6) is -1.48. The molecule has 1 atom stereocenters. The van der Waals surface area contributed by atoms with Crippen LogP contribution in [0.4, 0.5) is 19.4 Å². The van der Waals surface area contributed by atoms with Crippen molar-refractivity contribution in [3.63, 3.8) is 0 Å². The molecule has 2 aromatic rings. The highest BCUT2D eigenvalue weighted by molar-refractivity contribution is 5.89. The highest BCUT2D eigenvalue weighted by atomic mass is 19.2. The Bertz CT molecular complexity index is 725. The van der Waals surface area contributed by atoms with Gasteiger partial charge in [0, 0.05) is 30.6 Å². The molecule has 1 aromatic heterocycles.